The van der Waals surface area contributed by atoms with Crippen LogP contribution in [0.2, 0.25) is 0 Å². The Morgan fingerprint density at radius 2 is 1.70 bits per heavy atom. The van der Waals surface area contributed by atoms with E-state index in [0.29, 0.717) is 16.8 Å². The number of nitrogens with zero attached hydrogens (tertiary/aromatic N) is 1. The van der Waals surface area contributed by atoms with Gasteiger partial charge < -0.3 is 14.3 Å². The zero-order chi connectivity index (χ0) is 21.3. The summed E-state index contributed by atoms with van der Waals surface area (Å²) in [6, 6.07) is 17.2. The number of ketones is 1. The number of aliphatic hydroxyl groups is 1. The largest absolute Gasteiger partial charge is 0.503 e. The molecule has 30 heavy (non-hydrogen) atoms. The van der Waals surface area contributed by atoms with Gasteiger partial charge in [0.05, 0.1) is 30.6 Å². The van der Waals surface area contributed by atoms with Crippen LogP contribution in [0.1, 0.15) is 32.5 Å². The molecule has 0 radical (unpaired) electrons. The molecule has 1 aliphatic heterocycles. The molecule has 150 valence electrons. The molecular formula is C23H17NO6. The highest BCUT2D eigenvalue weighted by Crippen LogP contribution is 2.41. The van der Waals surface area contributed by atoms with Crippen LogP contribution in [0, 0.1) is 0 Å². The number of benzene rings is 2. The summed E-state index contributed by atoms with van der Waals surface area (Å²) in [7, 11) is 1.28. The van der Waals surface area contributed by atoms with Crippen LogP contribution in [-0.2, 0) is 9.53 Å². The highest BCUT2D eigenvalue weighted by atomic mass is 16.5. The molecule has 0 spiro atoms. The molecule has 0 saturated carbocycles. The molecule has 2 heterocycles. The summed E-state index contributed by atoms with van der Waals surface area (Å²) in [6.45, 7) is 0. The summed E-state index contributed by atoms with van der Waals surface area (Å²) in [5.74, 6) is -2.42. The van der Waals surface area contributed by atoms with Gasteiger partial charge in [-0.05, 0) is 42.0 Å². The molecule has 1 aliphatic rings. The van der Waals surface area contributed by atoms with Gasteiger partial charge in [-0.3, -0.25) is 14.5 Å². The lowest BCUT2D eigenvalue weighted by Crippen LogP contribution is -2.31. The second-order valence-electron chi connectivity index (χ2n) is 6.60. The van der Waals surface area contributed by atoms with Crippen molar-refractivity contribution in [3.05, 3.63) is 101 Å². The van der Waals surface area contributed by atoms with Gasteiger partial charge in [-0.1, -0.05) is 30.3 Å². The van der Waals surface area contributed by atoms with E-state index < -0.39 is 29.5 Å². The molecule has 0 saturated heterocycles. The third kappa shape index (κ3) is 3.16. The summed E-state index contributed by atoms with van der Waals surface area (Å²) in [5, 5.41) is 10.6. The van der Waals surface area contributed by atoms with Crippen LogP contribution in [0.4, 0.5) is 5.69 Å². The minimum Gasteiger partial charge on any atom is -0.503 e. The van der Waals surface area contributed by atoms with Crippen molar-refractivity contribution in [3.63, 3.8) is 0 Å². The Labute approximate surface area is 171 Å². The number of carbonyl (C=O) groups excluding carboxylic acids is 3. The topological polar surface area (TPSA) is 97.0 Å². The maximum atomic E-state index is 13.1. The zero-order valence-corrected chi connectivity index (χ0v) is 15.9. The third-order valence-corrected chi connectivity index (χ3v) is 4.88. The first kappa shape index (κ1) is 19.2. The predicted molar refractivity (Wildman–Crippen MR) is 107 cm³/mol. The number of carbonyl (C=O) groups is 3. The minimum atomic E-state index is -0.861. The van der Waals surface area contributed by atoms with E-state index in [1.54, 1.807) is 42.5 Å². The monoisotopic (exact) mass is 403 g/mol. The highest BCUT2D eigenvalue weighted by molar-refractivity contribution is 6.20. The standard InChI is InChI=1S/C23H17NO6/c1-29-23(28)15-9-11-16(12-10-15)24-19(14-6-3-2-4-7-14)18(21(26)22(24)27)20(25)17-8-5-13-30-17/h2-13,19,26H,1H3. The number of ether oxygens (including phenoxy) is 1. The maximum Gasteiger partial charge on any atom is 0.337 e. The first-order valence-corrected chi connectivity index (χ1v) is 9.11. The first-order valence-electron chi connectivity index (χ1n) is 9.11. The minimum absolute atomic E-state index is 0.0215. The summed E-state index contributed by atoms with van der Waals surface area (Å²) >= 11 is 0. The lowest BCUT2D eigenvalue weighted by atomic mass is 9.95. The Bertz CT molecular complexity index is 1130. The molecule has 3 aromatic rings. The molecule has 2 aromatic carbocycles. The Hall–Kier alpha value is -4.13. The van der Waals surface area contributed by atoms with Gasteiger partial charge >= 0.3 is 5.97 Å². The number of esters is 1. The van der Waals surface area contributed by atoms with Crippen LogP contribution in [0.5, 0.6) is 0 Å². The van der Waals surface area contributed by atoms with Crippen molar-refractivity contribution in [2.24, 2.45) is 0 Å². The van der Waals surface area contributed by atoms with E-state index in [9.17, 15) is 19.5 Å². The van der Waals surface area contributed by atoms with Crippen LogP contribution >= 0.6 is 0 Å². The number of amides is 1. The number of Topliss-reactive ketones (excluding diaryl/α,β-unsaturated/α-hetero) is 1. The van der Waals surface area contributed by atoms with Gasteiger partial charge in [0.1, 0.15) is 0 Å². The molecule has 0 bridgehead atoms. The van der Waals surface area contributed by atoms with Gasteiger partial charge in [-0.2, -0.15) is 0 Å². The predicted octanol–water partition coefficient (Wildman–Crippen LogP) is 3.85. The van der Waals surface area contributed by atoms with Crippen LogP contribution in [0.3, 0.4) is 0 Å². The summed E-state index contributed by atoms with van der Waals surface area (Å²) in [5.41, 5.74) is 1.29. The van der Waals surface area contributed by atoms with Crippen molar-refractivity contribution in [1.82, 2.24) is 0 Å². The molecule has 1 atom stereocenters. The highest BCUT2D eigenvalue weighted by Gasteiger charge is 2.45. The molecule has 1 unspecified atom stereocenters. The van der Waals surface area contributed by atoms with E-state index in [2.05, 4.69) is 0 Å². The molecule has 0 aliphatic carbocycles. The van der Waals surface area contributed by atoms with E-state index >= 15 is 0 Å². The van der Waals surface area contributed by atoms with Crippen LogP contribution in [0.15, 0.2) is 88.7 Å². The van der Waals surface area contributed by atoms with E-state index in [4.69, 9.17) is 9.15 Å². The van der Waals surface area contributed by atoms with Crippen molar-refractivity contribution in [2.75, 3.05) is 12.0 Å². The Morgan fingerprint density at radius 3 is 2.30 bits per heavy atom. The van der Waals surface area contributed by atoms with Gasteiger partial charge in [0.15, 0.2) is 11.5 Å². The Kier molecular flexibility index (Phi) is 4.93. The van der Waals surface area contributed by atoms with E-state index in [1.165, 1.54) is 36.5 Å². The Morgan fingerprint density at radius 1 is 1.00 bits per heavy atom. The molecule has 1 aromatic heterocycles. The number of anilines is 1. The van der Waals surface area contributed by atoms with Gasteiger partial charge in [0, 0.05) is 5.69 Å². The number of hydrogen-bond donors (Lipinski definition) is 1. The number of aliphatic hydroxyl groups excluding tert-OH is 1. The maximum absolute atomic E-state index is 13.1. The van der Waals surface area contributed by atoms with Crippen LogP contribution in [-0.4, -0.2) is 29.9 Å². The molecule has 7 heteroatoms. The van der Waals surface area contributed by atoms with Gasteiger partial charge in [0.2, 0.25) is 5.78 Å². The van der Waals surface area contributed by atoms with Crippen molar-refractivity contribution in [3.8, 4) is 0 Å². The lowest BCUT2D eigenvalue weighted by Gasteiger charge is -2.26. The van der Waals surface area contributed by atoms with Gasteiger partial charge in [-0.25, -0.2) is 4.79 Å². The smallest absolute Gasteiger partial charge is 0.337 e. The fourth-order valence-electron chi connectivity index (χ4n) is 3.47. The van der Waals surface area contributed by atoms with Crippen molar-refractivity contribution >= 4 is 23.3 Å². The van der Waals surface area contributed by atoms with Gasteiger partial charge in [0.25, 0.3) is 5.91 Å². The molecular weight excluding hydrogens is 386 g/mol. The van der Waals surface area contributed by atoms with Gasteiger partial charge in [-0.15, -0.1) is 0 Å². The zero-order valence-electron chi connectivity index (χ0n) is 15.9. The van der Waals surface area contributed by atoms with Crippen molar-refractivity contribution < 1.29 is 28.6 Å². The van der Waals surface area contributed by atoms with Crippen LogP contribution < -0.4 is 4.90 Å². The molecule has 4 rings (SSSR count). The Balaban J connectivity index is 1.82. The molecule has 1 amide bonds. The molecule has 0 fully saturated rings. The number of hydrogen-bond acceptors (Lipinski definition) is 6. The summed E-state index contributed by atoms with van der Waals surface area (Å²) in [6.07, 6.45) is 1.35. The van der Waals surface area contributed by atoms with Crippen LogP contribution in [0.25, 0.3) is 0 Å². The quantitative estimate of drug-likeness (QED) is 0.513. The fourth-order valence-corrected chi connectivity index (χ4v) is 3.47. The average Bonchev–Trinajstić information content (AvgIpc) is 3.41. The normalized spacial score (nSPS) is 16.1. The third-order valence-electron chi connectivity index (χ3n) is 4.88. The average molecular weight is 403 g/mol. The second kappa shape index (κ2) is 7.71. The van der Waals surface area contributed by atoms with E-state index in [0.717, 1.165) is 0 Å². The number of methoxy groups -OCH3 is 1. The molecule has 7 nitrogen and oxygen atoms in total. The number of furan rings is 1. The van der Waals surface area contributed by atoms with Crippen molar-refractivity contribution in [1.29, 1.82) is 0 Å². The molecule has 1 N–H and O–H groups in total. The first-order chi connectivity index (χ1) is 14.5. The SMILES string of the molecule is COC(=O)c1ccc(N2C(=O)C(O)=C(C(=O)c3ccco3)C2c2ccccc2)cc1. The summed E-state index contributed by atoms with van der Waals surface area (Å²) < 4.78 is 9.89. The number of rotatable bonds is 5. The summed E-state index contributed by atoms with van der Waals surface area (Å²) in [4.78, 5) is 39.1. The fraction of sp³-hybridized carbons (Fsp3) is 0.0870. The van der Waals surface area contributed by atoms with E-state index in [1.807, 2.05) is 6.07 Å². The lowest BCUT2D eigenvalue weighted by molar-refractivity contribution is -0.117. The van der Waals surface area contributed by atoms with E-state index in [-0.39, 0.29) is 11.3 Å². The second-order valence-corrected chi connectivity index (χ2v) is 6.60. The van der Waals surface area contributed by atoms with Crippen molar-refractivity contribution in [2.45, 2.75) is 6.04 Å².